The first-order valence-electron chi connectivity index (χ1n) is 8.96. The van der Waals surface area contributed by atoms with Crippen LogP contribution in [0.15, 0.2) is 42.6 Å². The first kappa shape index (κ1) is 19.6. The second-order valence-corrected chi connectivity index (χ2v) is 8.52. The third kappa shape index (κ3) is 4.60. The molecule has 0 N–H and O–H groups in total. The molecule has 2 aromatic rings. The molecular formula is C21H25ClN2O3. The van der Waals surface area contributed by atoms with E-state index in [1.165, 1.54) is 0 Å². The molecule has 5 nitrogen and oxygen atoms in total. The van der Waals surface area contributed by atoms with E-state index < -0.39 is 17.1 Å². The molecule has 144 valence electrons. The zero-order valence-electron chi connectivity index (χ0n) is 16.2. The van der Waals surface area contributed by atoms with E-state index in [1.54, 1.807) is 17.2 Å². The highest BCUT2D eigenvalue weighted by molar-refractivity contribution is 6.29. The van der Waals surface area contributed by atoms with Crippen molar-refractivity contribution in [3.8, 4) is 0 Å². The summed E-state index contributed by atoms with van der Waals surface area (Å²) in [6.45, 7) is 9.04. The molecule has 0 bridgehead atoms. The van der Waals surface area contributed by atoms with Gasteiger partial charge in [0.2, 0.25) is 0 Å². The molecule has 0 saturated carbocycles. The van der Waals surface area contributed by atoms with E-state index in [0.717, 1.165) is 16.8 Å². The van der Waals surface area contributed by atoms with E-state index in [0.29, 0.717) is 24.9 Å². The third-order valence-corrected chi connectivity index (χ3v) is 4.65. The Hall–Kier alpha value is -2.11. The molecule has 1 aliphatic heterocycles. The van der Waals surface area contributed by atoms with Gasteiger partial charge in [-0.15, -0.1) is 0 Å². The molecule has 1 atom stereocenters. The minimum Gasteiger partial charge on any atom is -0.443 e. The summed E-state index contributed by atoms with van der Waals surface area (Å²) >= 11 is 6.08. The normalized spacial score (nSPS) is 19.1. The fraction of sp³-hybridized carbons (Fsp3) is 0.429. The molecule has 6 heteroatoms. The Labute approximate surface area is 165 Å². The van der Waals surface area contributed by atoms with Gasteiger partial charge in [-0.3, -0.25) is 4.90 Å². The average Bonchev–Trinajstić information content (AvgIpc) is 2.87. The lowest BCUT2D eigenvalue weighted by atomic mass is 9.86. The predicted octanol–water partition coefficient (Wildman–Crippen LogP) is 4.96. The van der Waals surface area contributed by atoms with Crippen LogP contribution in [-0.4, -0.2) is 29.8 Å². The van der Waals surface area contributed by atoms with Crippen LogP contribution in [0.1, 0.15) is 38.8 Å². The van der Waals surface area contributed by atoms with Crippen LogP contribution in [0.25, 0.3) is 0 Å². The molecule has 0 aliphatic carbocycles. The van der Waals surface area contributed by atoms with Gasteiger partial charge in [0.15, 0.2) is 0 Å². The minimum absolute atomic E-state index is 0.344. The summed E-state index contributed by atoms with van der Waals surface area (Å²) in [6, 6.07) is 11.7. The monoisotopic (exact) mass is 388 g/mol. The number of carbonyl (C=O) groups excluding carboxylic acids is 1. The molecule has 2 heterocycles. The lowest BCUT2D eigenvalue weighted by Gasteiger charge is -2.27. The van der Waals surface area contributed by atoms with Gasteiger partial charge in [-0.25, -0.2) is 9.78 Å². The van der Waals surface area contributed by atoms with Crippen LogP contribution in [0.5, 0.6) is 0 Å². The minimum atomic E-state index is -0.573. The van der Waals surface area contributed by atoms with Gasteiger partial charge in [0.05, 0.1) is 18.9 Å². The summed E-state index contributed by atoms with van der Waals surface area (Å²) in [4.78, 5) is 18.6. The Morgan fingerprint density at radius 2 is 2.00 bits per heavy atom. The zero-order valence-corrected chi connectivity index (χ0v) is 16.9. The molecule has 0 radical (unpaired) electrons. The number of amides is 1. The fourth-order valence-electron chi connectivity index (χ4n) is 3.20. The number of nitrogens with zero attached hydrogens (tertiary/aromatic N) is 2. The highest BCUT2D eigenvalue weighted by Gasteiger charge is 2.43. The van der Waals surface area contributed by atoms with Crippen molar-refractivity contribution in [3.63, 3.8) is 0 Å². The largest absolute Gasteiger partial charge is 0.443 e. The van der Waals surface area contributed by atoms with E-state index in [2.05, 4.69) is 11.9 Å². The Bertz CT molecular complexity index is 820. The highest BCUT2D eigenvalue weighted by Crippen LogP contribution is 2.42. The second-order valence-electron chi connectivity index (χ2n) is 8.13. The fourth-order valence-corrected chi connectivity index (χ4v) is 3.35. The highest BCUT2D eigenvalue weighted by atomic mass is 35.5. The van der Waals surface area contributed by atoms with E-state index in [-0.39, 0.29) is 0 Å². The molecular weight excluding hydrogens is 364 g/mol. The maximum atomic E-state index is 12.7. The Balaban J connectivity index is 1.79. The number of ether oxygens (including phenoxy) is 2. The van der Waals surface area contributed by atoms with Crippen LogP contribution >= 0.6 is 11.6 Å². The van der Waals surface area contributed by atoms with E-state index in [9.17, 15) is 4.79 Å². The maximum Gasteiger partial charge on any atom is 0.414 e. The second kappa shape index (κ2) is 7.49. The van der Waals surface area contributed by atoms with Gasteiger partial charge in [-0.1, -0.05) is 48.9 Å². The number of aromatic nitrogens is 1. The van der Waals surface area contributed by atoms with Gasteiger partial charge in [0, 0.05) is 23.7 Å². The number of halogens is 1. The third-order valence-electron chi connectivity index (χ3n) is 4.44. The number of anilines is 1. The SMILES string of the molecule is CC(C)(C)OC(=O)N1CC(C)(COCc2ccccc2)c2cnc(Cl)cc21. The van der Waals surface area contributed by atoms with Gasteiger partial charge in [0.25, 0.3) is 0 Å². The molecule has 1 amide bonds. The van der Waals surface area contributed by atoms with Crippen molar-refractivity contribution in [3.05, 3.63) is 58.9 Å². The number of carbonyl (C=O) groups is 1. The van der Waals surface area contributed by atoms with Crippen LogP contribution in [0.4, 0.5) is 10.5 Å². The number of benzene rings is 1. The van der Waals surface area contributed by atoms with Gasteiger partial charge in [0.1, 0.15) is 10.8 Å². The number of pyridine rings is 1. The van der Waals surface area contributed by atoms with Crippen LogP contribution in [0, 0.1) is 0 Å². The van der Waals surface area contributed by atoms with Gasteiger partial charge < -0.3 is 9.47 Å². The quantitative estimate of drug-likeness (QED) is 0.694. The van der Waals surface area contributed by atoms with Gasteiger partial charge in [-0.05, 0) is 32.4 Å². The first-order valence-corrected chi connectivity index (χ1v) is 9.34. The number of hydrogen-bond donors (Lipinski definition) is 0. The Morgan fingerprint density at radius 1 is 1.30 bits per heavy atom. The van der Waals surface area contributed by atoms with Crippen LogP contribution in [-0.2, 0) is 21.5 Å². The number of rotatable bonds is 4. The molecule has 1 aromatic heterocycles. The molecule has 0 spiro atoms. The van der Waals surface area contributed by atoms with Gasteiger partial charge >= 0.3 is 6.09 Å². The van der Waals surface area contributed by atoms with E-state index >= 15 is 0 Å². The van der Waals surface area contributed by atoms with Crippen molar-refractivity contribution < 1.29 is 14.3 Å². The van der Waals surface area contributed by atoms with Crippen molar-refractivity contribution in [2.45, 2.75) is 45.3 Å². The molecule has 1 aliphatic rings. The summed E-state index contributed by atoms with van der Waals surface area (Å²) in [5.74, 6) is 0. The lowest BCUT2D eigenvalue weighted by Crippen LogP contribution is -2.40. The average molecular weight is 389 g/mol. The van der Waals surface area contributed by atoms with Crippen molar-refractivity contribution in [2.24, 2.45) is 0 Å². The molecule has 1 aromatic carbocycles. The Kier molecular flexibility index (Phi) is 5.45. The van der Waals surface area contributed by atoms with Crippen LogP contribution < -0.4 is 4.90 Å². The van der Waals surface area contributed by atoms with Crippen molar-refractivity contribution in [2.75, 3.05) is 18.1 Å². The summed E-state index contributed by atoms with van der Waals surface area (Å²) in [7, 11) is 0. The summed E-state index contributed by atoms with van der Waals surface area (Å²) in [5, 5.41) is 0.344. The van der Waals surface area contributed by atoms with Crippen molar-refractivity contribution in [1.82, 2.24) is 4.98 Å². The molecule has 1 unspecified atom stereocenters. The van der Waals surface area contributed by atoms with Gasteiger partial charge in [-0.2, -0.15) is 0 Å². The molecule has 0 fully saturated rings. The summed E-state index contributed by atoms with van der Waals surface area (Å²) in [6.07, 6.45) is 1.34. The molecule has 27 heavy (non-hydrogen) atoms. The number of fused-ring (bicyclic) bond motifs is 1. The van der Waals surface area contributed by atoms with Crippen molar-refractivity contribution in [1.29, 1.82) is 0 Å². The Morgan fingerprint density at radius 3 is 2.67 bits per heavy atom. The maximum absolute atomic E-state index is 12.7. The van der Waals surface area contributed by atoms with Crippen LogP contribution in [0.3, 0.4) is 0 Å². The molecule has 0 saturated heterocycles. The topological polar surface area (TPSA) is 51.7 Å². The summed E-state index contributed by atoms with van der Waals surface area (Å²) < 4.78 is 11.6. The van der Waals surface area contributed by atoms with E-state index in [1.807, 2.05) is 51.1 Å². The van der Waals surface area contributed by atoms with Crippen molar-refractivity contribution >= 4 is 23.4 Å². The molecule has 3 rings (SSSR count). The zero-order chi connectivity index (χ0) is 19.7. The first-order chi connectivity index (χ1) is 12.7. The summed E-state index contributed by atoms with van der Waals surface area (Å²) in [5.41, 5.74) is 1.81. The van der Waals surface area contributed by atoms with E-state index in [4.69, 9.17) is 21.1 Å². The predicted molar refractivity (Wildman–Crippen MR) is 106 cm³/mol. The smallest absolute Gasteiger partial charge is 0.414 e. The number of hydrogen-bond acceptors (Lipinski definition) is 4. The van der Waals surface area contributed by atoms with Crippen LogP contribution in [0.2, 0.25) is 5.15 Å². The lowest BCUT2D eigenvalue weighted by molar-refractivity contribution is 0.0552. The standard InChI is InChI=1S/C21H25ClN2O3/c1-20(2,3)27-19(25)24-13-21(4,16-11-23-18(22)10-17(16)24)14-26-12-15-8-6-5-7-9-15/h5-11H,12-14H2,1-4H3.